The van der Waals surface area contributed by atoms with Gasteiger partial charge < -0.3 is 14.7 Å². The SMILES string of the molecule is Cc1noc(-c2ccc(-c3ccc(C4(C(=O)O)CC4)cc3)cc2)c1CCC(C)(C)C(O)c1ccccc1. The van der Waals surface area contributed by atoms with E-state index in [1.807, 2.05) is 73.7 Å². The monoisotopic (exact) mass is 495 g/mol. The molecule has 37 heavy (non-hydrogen) atoms. The Labute approximate surface area is 217 Å². The molecule has 3 aromatic carbocycles. The molecule has 190 valence electrons. The molecule has 1 aliphatic rings. The van der Waals surface area contributed by atoms with Crippen molar-refractivity contribution in [2.75, 3.05) is 0 Å². The predicted octanol–water partition coefficient (Wildman–Crippen LogP) is 7.13. The highest BCUT2D eigenvalue weighted by Crippen LogP contribution is 2.48. The molecule has 0 spiro atoms. The summed E-state index contributed by atoms with van der Waals surface area (Å²) in [5, 5.41) is 24.8. The summed E-state index contributed by atoms with van der Waals surface area (Å²) in [6, 6.07) is 25.9. The average molecular weight is 496 g/mol. The molecule has 1 aliphatic carbocycles. The lowest BCUT2D eigenvalue weighted by Gasteiger charge is -2.31. The number of carboxylic acid groups (broad SMARTS) is 1. The third-order valence-corrected chi connectivity index (χ3v) is 7.94. The van der Waals surface area contributed by atoms with Gasteiger partial charge in [-0.1, -0.05) is 97.9 Å². The standard InChI is InChI=1S/C32H33NO4/c1-21-27(17-18-31(2,3)29(34)25-7-5-4-6-8-25)28(37-33-21)24-11-9-22(10-12-24)23-13-15-26(16-14-23)32(19-20-32)30(35)36/h4-16,29,34H,17-20H2,1-3H3,(H,35,36). The van der Waals surface area contributed by atoms with Crippen LogP contribution in [0.15, 0.2) is 83.4 Å². The number of hydrogen-bond acceptors (Lipinski definition) is 4. The van der Waals surface area contributed by atoms with Gasteiger partial charge in [0.2, 0.25) is 0 Å². The molecule has 0 saturated heterocycles. The number of benzene rings is 3. The first-order chi connectivity index (χ1) is 17.7. The maximum atomic E-state index is 11.6. The zero-order chi connectivity index (χ0) is 26.2. The minimum atomic E-state index is -0.735. The van der Waals surface area contributed by atoms with E-state index in [2.05, 4.69) is 31.1 Å². The van der Waals surface area contributed by atoms with Crippen LogP contribution in [0.1, 0.15) is 61.6 Å². The summed E-state index contributed by atoms with van der Waals surface area (Å²) in [5.74, 6) is 0.0299. The average Bonchev–Trinajstić information content (AvgIpc) is 3.65. The lowest BCUT2D eigenvalue weighted by atomic mass is 9.78. The number of hydrogen-bond donors (Lipinski definition) is 2. The number of nitrogens with zero attached hydrogens (tertiary/aromatic N) is 1. The van der Waals surface area contributed by atoms with Crippen molar-refractivity contribution >= 4 is 5.97 Å². The highest BCUT2D eigenvalue weighted by atomic mass is 16.5. The molecular formula is C32H33NO4. The summed E-state index contributed by atoms with van der Waals surface area (Å²) in [4.78, 5) is 11.6. The Kier molecular flexibility index (Phi) is 6.50. The second-order valence-electron chi connectivity index (χ2n) is 10.9. The molecular weight excluding hydrogens is 462 g/mol. The minimum Gasteiger partial charge on any atom is -0.481 e. The van der Waals surface area contributed by atoms with E-state index in [0.29, 0.717) is 12.8 Å². The van der Waals surface area contributed by atoms with E-state index < -0.39 is 17.5 Å². The van der Waals surface area contributed by atoms with Crippen LogP contribution >= 0.6 is 0 Å². The summed E-state index contributed by atoms with van der Waals surface area (Å²) >= 11 is 0. The van der Waals surface area contributed by atoms with E-state index >= 15 is 0 Å². The molecule has 1 heterocycles. The summed E-state index contributed by atoms with van der Waals surface area (Å²) in [5.41, 5.74) is 5.78. The lowest BCUT2D eigenvalue weighted by molar-refractivity contribution is -0.140. The highest BCUT2D eigenvalue weighted by molar-refractivity contribution is 5.85. The van der Waals surface area contributed by atoms with Gasteiger partial charge in [-0.15, -0.1) is 0 Å². The number of carbonyl (C=O) groups is 1. The maximum Gasteiger partial charge on any atom is 0.314 e. The number of aryl methyl sites for hydroxylation is 1. The summed E-state index contributed by atoms with van der Waals surface area (Å²) in [7, 11) is 0. The van der Waals surface area contributed by atoms with Gasteiger partial charge in [-0.25, -0.2) is 0 Å². The molecule has 0 radical (unpaired) electrons. The quantitative estimate of drug-likeness (QED) is 0.258. The fourth-order valence-electron chi connectivity index (χ4n) is 5.13. The smallest absolute Gasteiger partial charge is 0.314 e. The van der Waals surface area contributed by atoms with Crippen LogP contribution in [-0.4, -0.2) is 21.3 Å². The van der Waals surface area contributed by atoms with E-state index in [1.54, 1.807) is 0 Å². The van der Waals surface area contributed by atoms with Gasteiger partial charge in [-0.3, -0.25) is 4.79 Å². The van der Waals surface area contributed by atoms with Crippen molar-refractivity contribution in [3.05, 3.63) is 101 Å². The van der Waals surface area contributed by atoms with Crippen molar-refractivity contribution < 1.29 is 19.5 Å². The lowest BCUT2D eigenvalue weighted by Crippen LogP contribution is -2.23. The van der Waals surface area contributed by atoms with Gasteiger partial charge >= 0.3 is 5.97 Å². The van der Waals surface area contributed by atoms with Crippen LogP contribution in [0.2, 0.25) is 0 Å². The first-order valence-electron chi connectivity index (χ1n) is 12.8. The first-order valence-corrected chi connectivity index (χ1v) is 12.8. The van der Waals surface area contributed by atoms with E-state index in [-0.39, 0.29) is 5.41 Å². The van der Waals surface area contributed by atoms with Crippen molar-refractivity contribution in [2.45, 2.75) is 58.0 Å². The molecule has 5 rings (SSSR count). The van der Waals surface area contributed by atoms with E-state index in [4.69, 9.17) is 4.52 Å². The van der Waals surface area contributed by atoms with Gasteiger partial charge in [-0.2, -0.15) is 0 Å². The van der Waals surface area contributed by atoms with Gasteiger partial charge in [0.1, 0.15) is 0 Å². The molecule has 5 nitrogen and oxygen atoms in total. The van der Waals surface area contributed by atoms with Crippen LogP contribution in [-0.2, 0) is 16.6 Å². The zero-order valence-electron chi connectivity index (χ0n) is 21.6. The van der Waals surface area contributed by atoms with Crippen LogP contribution in [0.4, 0.5) is 0 Å². The number of carboxylic acids is 1. The third-order valence-electron chi connectivity index (χ3n) is 7.94. The Balaban J connectivity index is 1.31. The highest BCUT2D eigenvalue weighted by Gasteiger charge is 2.51. The summed E-state index contributed by atoms with van der Waals surface area (Å²) in [6.45, 7) is 6.15. The number of rotatable bonds is 9. The predicted molar refractivity (Wildman–Crippen MR) is 144 cm³/mol. The molecule has 1 fully saturated rings. The molecule has 5 heteroatoms. The topological polar surface area (TPSA) is 83.6 Å². The van der Waals surface area contributed by atoms with Crippen molar-refractivity contribution in [1.29, 1.82) is 0 Å². The van der Waals surface area contributed by atoms with Crippen LogP contribution in [0, 0.1) is 12.3 Å². The van der Waals surface area contributed by atoms with Gasteiger partial charge in [0, 0.05) is 11.1 Å². The maximum absolute atomic E-state index is 11.6. The van der Waals surface area contributed by atoms with Crippen LogP contribution < -0.4 is 0 Å². The number of aliphatic carboxylic acids is 1. The van der Waals surface area contributed by atoms with Crippen molar-refractivity contribution in [1.82, 2.24) is 5.16 Å². The fraction of sp³-hybridized carbons (Fsp3) is 0.312. The fourth-order valence-corrected chi connectivity index (χ4v) is 5.13. The van der Waals surface area contributed by atoms with Gasteiger partial charge in [-0.05, 0) is 60.3 Å². The molecule has 2 N–H and O–H groups in total. The first kappa shape index (κ1) is 25.0. The second-order valence-corrected chi connectivity index (χ2v) is 10.9. The van der Waals surface area contributed by atoms with Crippen molar-refractivity contribution in [3.8, 4) is 22.5 Å². The van der Waals surface area contributed by atoms with Crippen molar-refractivity contribution in [3.63, 3.8) is 0 Å². The minimum absolute atomic E-state index is 0.321. The molecule has 1 unspecified atom stereocenters. The Morgan fingerprint density at radius 1 is 0.946 bits per heavy atom. The van der Waals surface area contributed by atoms with Gasteiger partial charge in [0.25, 0.3) is 0 Å². The largest absolute Gasteiger partial charge is 0.481 e. The van der Waals surface area contributed by atoms with E-state index in [1.165, 1.54) is 0 Å². The van der Waals surface area contributed by atoms with Gasteiger partial charge in [0.15, 0.2) is 5.76 Å². The molecule has 1 atom stereocenters. The molecule has 0 amide bonds. The van der Waals surface area contributed by atoms with E-state index in [9.17, 15) is 15.0 Å². The number of aromatic nitrogens is 1. The second kappa shape index (κ2) is 9.64. The Hall–Kier alpha value is -3.70. The molecule has 4 aromatic rings. The van der Waals surface area contributed by atoms with Crippen LogP contribution in [0.25, 0.3) is 22.5 Å². The number of aliphatic hydroxyl groups excluding tert-OH is 1. The molecule has 1 aromatic heterocycles. The van der Waals surface area contributed by atoms with Gasteiger partial charge in [0.05, 0.1) is 17.2 Å². The summed E-state index contributed by atoms with van der Waals surface area (Å²) < 4.78 is 5.75. The molecule has 0 aliphatic heterocycles. The number of aliphatic hydroxyl groups is 1. The Morgan fingerprint density at radius 3 is 2.08 bits per heavy atom. The summed E-state index contributed by atoms with van der Waals surface area (Å²) in [6.07, 6.45) is 2.37. The molecule has 1 saturated carbocycles. The Bertz CT molecular complexity index is 1380. The van der Waals surface area contributed by atoms with Crippen LogP contribution in [0.5, 0.6) is 0 Å². The van der Waals surface area contributed by atoms with Crippen LogP contribution in [0.3, 0.4) is 0 Å². The molecule has 0 bridgehead atoms. The van der Waals surface area contributed by atoms with Crippen molar-refractivity contribution in [2.24, 2.45) is 5.41 Å². The third kappa shape index (κ3) is 4.84. The Morgan fingerprint density at radius 2 is 1.51 bits per heavy atom. The van der Waals surface area contributed by atoms with E-state index in [0.717, 1.165) is 57.7 Å². The normalized spacial score (nSPS) is 15.4. The zero-order valence-corrected chi connectivity index (χ0v) is 21.6.